The van der Waals surface area contributed by atoms with Crippen LogP contribution in [-0.4, -0.2) is 31.6 Å². The van der Waals surface area contributed by atoms with Crippen LogP contribution in [0.4, 0.5) is 5.13 Å². The first-order valence-electron chi connectivity index (χ1n) is 6.96. The minimum atomic E-state index is -0.0299. The van der Waals surface area contributed by atoms with Gasteiger partial charge in [-0.25, -0.2) is 9.97 Å². The Labute approximate surface area is 122 Å². The maximum atomic E-state index is 5.93. The molecule has 0 aromatic carbocycles. The summed E-state index contributed by atoms with van der Waals surface area (Å²) in [6.45, 7) is 2.85. The molecule has 6 nitrogen and oxygen atoms in total. The zero-order valence-electron chi connectivity index (χ0n) is 11.7. The number of hydrogen-bond acceptors (Lipinski definition) is 6. The molecule has 0 radical (unpaired) electrons. The molecule has 2 atom stereocenters. The highest BCUT2D eigenvalue weighted by Gasteiger charge is 2.30. The molecule has 0 amide bonds. The standard InChI is InChI=1S/C13H19N5OS/c1-3-10-16-13(20-17-10)15-9-5-4-8-19-11(9)12-14-6-7-18(12)2/h6-7,9,11H,3-5,8H2,1-2H3,(H,15,16,17)/t9-,11-/m0/s1. The molecule has 1 aliphatic heterocycles. The SMILES string of the molecule is CCc1nsc(N[C@H]2CCCO[C@@H]2c2nccn2C)n1. The molecule has 1 aliphatic rings. The summed E-state index contributed by atoms with van der Waals surface area (Å²) >= 11 is 1.42. The normalized spacial score (nSPS) is 22.9. The van der Waals surface area contributed by atoms with E-state index in [2.05, 4.69) is 26.6 Å². The summed E-state index contributed by atoms with van der Waals surface area (Å²) in [6.07, 6.45) is 6.70. The summed E-state index contributed by atoms with van der Waals surface area (Å²) in [5.74, 6) is 1.85. The van der Waals surface area contributed by atoms with Crippen molar-refractivity contribution in [3.63, 3.8) is 0 Å². The molecule has 3 rings (SSSR count). The molecular weight excluding hydrogens is 274 g/mol. The highest BCUT2D eigenvalue weighted by Crippen LogP contribution is 2.30. The van der Waals surface area contributed by atoms with Crippen molar-refractivity contribution < 1.29 is 4.74 Å². The van der Waals surface area contributed by atoms with E-state index in [9.17, 15) is 0 Å². The lowest BCUT2D eigenvalue weighted by molar-refractivity contribution is -0.00126. The van der Waals surface area contributed by atoms with E-state index in [1.807, 2.05) is 24.0 Å². The van der Waals surface area contributed by atoms with Gasteiger partial charge in [0.2, 0.25) is 5.13 Å². The zero-order chi connectivity index (χ0) is 13.9. The van der Waals surface area contributed by atoms with E-state index in [0.717, 1.165) is 42.6 Å². The second-order valence-electron chi connectivity index (χ2n) is 4.95. The van der Waals surface area contributed by atoms with Crippen molar-refractivity contribution in [1.82, 2.24) is 18.9 Å². The minimum Gasteiger partial charge on any atom is -0.368 e. The van der Waals surface area contributed by atoms with E-state index < -0.39 is 0 Å². The van der Waals surface area contributed by atoms with E-state index in [-0.39, 0.29) is 12.1 Å². The van der Waals surface area contributed by atoms with Gasteiger partial charge in [-0.1, -0.05) is 6.92 Å². The van der Waals surface area contributed by atoms with Crippen LogP contribution >= 0.6 is 11.5 Å². The van der Waals surface area contributed by atoms with Crippen molar-refractivity contribution in [2.45, 2.75) is 38.3 Å². The summed E-state index contributed by atoms with van der Waals surface area (Å²) in [7, 11) is 2.00. The first-order chi connectivity index (χ1) is 9.78. The van der Waals surface area contributed by atoms with Gasteiger partial charge in [-0.05, 0) is 12.8 Å². The molecule has 0 unspecified atom stereocenters. The fourth-order valence-corrected chi connectivity index (χ4v) is 3.16. The van der Waals surface area contributed by atoms with Crippen molar-refractivity contribution in [3.05, 3.63) is 24.0 Å². The summed E-state index contributed by atoms with van der Waals surface area (Å²) in [5, 5.41) is 4.34. The molecule has 0 aliphatic carbocycles. The number of hydrogen-bond donors (Lipinski definition) is 1. The highest BCUT2D eigenvalue weighted by molar-refractivity contribution is 7.09. The molecule has 1 saturated heterocycles. The Morgan fingerprint density at radius 2 is 2.45 bits per heavy atom. The summed E-state index contributed by atoms with van der Waals surface area (Å²) in [4.78, 5) is 8.89. The number of nitrogens with one attached hydrogen (secondary N) is 1. The molecule has 3 heterocycles. The first kappa shape index (κ1) is 13.5. The quantitative estimate of drug-likeness (QED) is 0.936. The van der Waals surface area contributed by atoms with Gasteiger partial charge < -0.3 is 14.6 Å². The third-order valence-electron chi connectivity index (χ3n) is 3.53. The minimum absolute atomic E-state index is 0.0299. The van der Waals surface area contributed by atoms with Gasteiger partial charge >= 0.3 is 0 Å². The monoisotopic (exact) mass is 293 g/mol. The van der Waals surface area contributed by atoms with Gasteiger partial charge in [0.05, 0.1) is 6.04 Å². The van der Waals surface area contributed by atoms with Crippen molar-refractivity contribution in [2.75, 3.05) is 11.9 Å². The first-order valence-corrected chi connectivity index (χ1v) is 7.73. The Morgan fingerprint density at radius 1 is 1.55 bits per heavy atom. The number of rotatable bonds is 4. The molecule has 2 aromatic rings. The molecule has 108 valence electrons. The lowest BCUT2D eigenvalue weighted by atomic mass is 10.0. The van der Waals surface area contributed by atoms with Crippen LogP contribution in [0, 0.1) is 0 Å². The van der Waals surface area contributed by atoms with Crippen LogP contribution in [0.3, 0.4) is 0 Å². The maximum Gasteiger partial charge on any atom is 0.202 e. The molecule has 7 heteroatoms. The van der Waals surface area contributed by atoms with E-state index in [1.54, 1.807) is 0 Å². The third-order valence-corrected chi connectivity index (χ3v) is 4.21. The Balaban J connectivity index is 1.77. The largest absolute Gasteiger partial charge is 0.368 e. The molecule has 0 spiro atoms. The molecule has 20 heavy (non-hydrogen) atoms. The molecule has 1 fully saturated rings. The van der Waals surface area contributed by atoms with Gasteiger partial charge in [-0.15, -0.1) is 0 Å². The van der Waals surface area contributed by atoms with Gasteiger partial charge in [-0.3, -0.25) is 0 Å². The third kappa shape index (κ3) is 2.69. The average molecular weight is 293 g/mol. The van der Waals surface area contributed by atoms with E-state index in [0.29, 0.717) is 0 Å². The van der Waals surface area contributed by atoms with Crippen LogP contribution in [0.2, 0.25) is 0 Å². The van der Waals surface area contributed by atoms with Crippen molar-refractivity contribution >= 4 is 16.7 Å². The highest BCUT2D eigenvalue weighted by atomic mass is 32.1. The fraction of sp³-hybridized carbons (Fsp3) is 0.615. The lowest BCUT2D eigenvalue weighted by Gasteiger charge is -2.31. The van der Waals surface area contributed by atoms with Crippen molar-refractivity contribution in [3.8, 4) is 0 Å². The van der Waals surface area contributed by atoms with Gasteiger partial charge in [0.25, 0.3) is 0 Å². The van der Waals surface area contributed by atoms with Gasteiger partial charge in [0.1, 0.15) is 17.8 Å². The van der Waals surface area contributed by atoms with Gasteiger partial charge in [-0.2, -0.15) is 4.37 Å². The number of aryl methyl sites for hydroxylation is 2. The van der Waals surface area contributed by atoms with Crippen LogP contribution in [-0.2, 0) is 18.2 Å². The Hall–Kier alpha value is -1.47. The second-order valence-corrected chi connectivity index (χ2v) is 5.70. The number of imidazole rings is 1. The smallest absolute Gasteiger partial charge is 0.202 e. The Kier molecular flexibility index (Phi) is 3.98. The van der Waals surface area contributed by atoms with Crippen LogP contribution in [0.25, 0.3) is 0 Å². The van der Waals surface area contributed by atoms with Crippen LogP contribution in [0.1, 0.15) is 37.5 Å². The number of nitrogens with zero attached hydrogens (tertiary/aromatic N) is 4. The second kappa shape index (κ2) is 5.88. The van der Waals surface area contributed by atoms with Crippen LogP contribution in [0.5, 0.6) is 0 Å². The van der Waals surface area contributed by atoms with E-state index in [4.69, 9.17) is 4.74 Å². The van der Waals surface area contributed by atoms with Crippen LogP contribution in [0.15, 0.2) is 12.4 Å². The molecule has 1 N–H and O–H groups in total. The summed E-state index contributed by atoms with van der Waals surface area (Å²) in [6, 6.07) is 0.197. The zero-order valence-corrected chi connectivity index (χ0v) is 12.6. The Bertz CT molecular complexity index is 567. The fourth-order valence-electron chi connectivity index (χ4n) is 2.45. The predicted molar refractivity (Wildman–Crippen MR) is 77.8 cm³/mol. The number of aromatic nitrogens is 4. The Morgan fingerprint density at radius 3 is 3.15 bits per heavy atom. The molecule has 2 aromatic heterocycles. The van der Waals surface area contributed by atoms with Crippen molar-refractivity contribution in [1.29, 1.82) is 0 Å². The van der Waals surface area contributed by atoms with Gasteiger partial charge in [0.15, 0.2) is 0 Å². The topological polar surface area (TPSA) is 64.9 Å². The lowest BCUT2D eigenvalue weighted by Crippen LogP contribution is -2.35. The maximum absolute atomic E-state index is 5.93. The average Bonchev–Trinajstić information content (AvgIpc) is 3.08. The molecule has 0 bridgehead atoms. The van der Waals surface area contributed by atoms with E-state index in [1.165, 1.54) is 11.5 Å². The van der Waals surface area contributed by atoms with Gasteiger partial charge in [0, 0.05) is 44.0 Å². The van der Waals surface area contributed by atoms with E-state index >= 15 is 0 Å². The number of anilines is 1. The molecule has 0 saturated carbocycles. The van der Waals surface area contributed by atoms with Crippen molar-refractivity contribution in [2.24, 2.45) is 7.05 Å². The summed E-state index contributed by atoms with van der Waals surface area (Å²) < 4.78 is 12.3. The predicted octanol–water partition coefficient (Wildman–Crippen LogP) is 2.17. The summed E-state index contributed by atoms with van der Waals surface area (Å²) in [5.41, 5.74) is 0. The van der Waals surface area contributed by atoms with Crippen LogP contribution < -0.4 is 5.32 Å². The number of ether oxygens (including phenoxy) is 1. The molecular formula is C13H19N5OS.